The summed E-state index contributed by atoms with van der Waals surface area (Å²) in [4.78, 5) is 15.7. The highest BCUT2D eigenvalue weighted by atomic mass is 32.1. The molecule has 0 radical (unpaired) electrons. The largest absolute Gasteiger partial charge is 0.476 e. The van der Waals surface area contributed by atoms with E-state index in [4.69, 9.17) is 5.11 Å². The lowest BCUT2D eigenvalue weighted by Gasteiger charge is -2.38. The van der Waals surface area contributed by atoms with Gasteiger partial charge in [0.1, 0.15) is 0 Å². The molecule has 1 aromatic heterocycles. The SMILES string of the molecule is Cc1sc(NCC2(C)CCC2)nc1C(=O)O. The number of hydrogen-bond donors (Lipinski definition) is 2. The van der Waals surface area contributed by atoms with Crippen LogP contribution in [0.2, 0.25) is 0 Å². The van der Waals surface area contributed by atoms with Crippen LogP contribution in [-0.4, -0.2) is 22.6 Å². The third kappa shape index (κ3) is 2.19. The quantitative estimate of drug-likeness (QED) is 0.849. The van der Waals surface area contributed by atoms with Crippen LogP contribution in [0.1, 0.15) is 41.6 Å². The van der Waals surface area contributed by atoms with E-state index in [0.29, 0.717) is 5.41 Å². The fourth-order valence-electron chi connectivity index (χ4n) is 1.92. The number of rotatable bonds is 4. The molecular weight excluding hydrogens is 224 g/mol. The second kappa shape index (κ2) is 4.05. The van der Waals surface area contributed by atoms with Gasteiger partial charge < -0.3 is 10.4 Å². The molecule has 1 heterocycles. The van der Waals surface area contributed by atoms with E-state index in [1.807, 2.05) is 0 Å². The van der Waals surface area contributed by atoms with E-state index in [2.05, 4.69) is 17.2 Å². The minimum absolute atomic E-state index is 0.172. The number of aromatic carboxylic acids is 1. The van der Waals surface area contributed by atoms with E-state index in [1.54, 1.807) is 6.92 Å². The Morgan fingerprint density at radius 3 is 2.75 bits per heavy atom. The van der Waals surface area contributed by atoms with Crippen molar-refractivity contribution < 1.29 is 9.90 Å². The summed E-state index contributed by atoms with van der Waals surface area (Å²) in [5.41, 5.74) is 0.550. The predicted octanol–water partition coefficient (Wildman–Crippen LogP) is 2.75. The van der Waals surface area contributed by atoms with Crippen LogP contribution in [0, 0.1) is 12.3 Å². The summed E-state index contributed by atoms with van der Waals surface area (Å²) in [6.45, 7) is 4.93. The summed E-state index contributed by atoms with van der Waals surface area (Å²) in [5, 5.41) is 12.9. The molecule has 1 aliphatic carbocycles. The van der Waals surface area contributed by atoms with Crippen molar-refractivity contribution in [3.63, 3.8) is 0 Å². The Hall–Kier alpha value is -1.10. The number of nitrogens with one attached hydrogen (secondary N) is 1. The Morgan fingerprint density at radius 1 is 1.62 bits per heavy atom. The van der Waals surface area contributed by atoms with Gasteiger partial charge >= 0.3 is 5.97 Å². The first kappa shape index (κ1) is 11.4. The highest BCUT2D eigenvalue weighted by molar-refractivity contribution is 7.15. The number of hydrogen-bond acceptors (Lipinski definition) is 4. The molecule has 0 bridgehead atoms. The zero-order valence-electron chi connectivity index (χ0n) is 9.54. The lowest BCUT2D eigenvalue weighted by molar-refractivity contribution is 0.0690. The van der Waals surface area contributed by atoms with E-state index in [1.165, 1.54) is 30.6 Å². The molecule has 16 heavy (non-hydrogen) atoms. The number of carbonyl (C=O) groups is 1. The van der Waals surface area contributed by atoms with Crippen molar-refractivity contribution in [2.24, 2.45) is 5.41 Å². The van der Waals surface area contributed by atoms with Gasteiger partial charge in [-0.25, -0.2) is 9.78 Å². The molecule has 4 nitrogen and oxygen atoms in total. The van der Waals surface area contributed by atoms with Gasteiger partial charge in [0.2, 0.25) is 0 Å². The average molecular weight is 240 g/mol. The fraction of sp³-hybridized carbons (Fsp3) is 0.636. The number of anilines is 1. The van der Waals surface area contributed by atoms with Crippen LogP contribution in [0.15, 0.2) is 0 Å². The van der Waals surface area contributed by atoms with Crippen molar-refractivity contribution in [1.29, 1.82) is 0 Å². The second-order valence-corrected chi connectivity index (χ2v) is 5.95. The molecule has 0 spiro atoms. The minimum atomic E-state index is -0.948. The summed E-state index contributed by atoms with van der Waals surface area (Å²) in [6.07, 6.45) is 3.79. The lowest BCUT2D eigenvalue weighted by atomic mass is 9.70. The molecule has 0 unspecified atom stereocenters. The Morgan fingerprint density at radius 2 is 2.31 bits per heavy atom. The van der Waals surface area contributed by atoms with Crippen LogP contribution in [0.4, 0.5) is 5.13 Å². The standard InChI is InChI=1S/C11H16N2O2S/c1-7-8(9(14)15)13-10(16-7)12-6-11(2)4-3-5-11/h3-6H2,1-2H3,(H,12,13)(H,14,15). The molecule has 0 aromatic carbocycles. The van der Waals surface area contributed by atoms with Gasteiger partial charge in [0.25, 0.3) is 0 Å². The normalized spacial score (nSPS) is 17.9. The molecule has 5 heteroatoms. The summed E-state index contributed by atoms with van der Waals surface area (Å²) in [7, 11) is 0. The Labute approximate surface area is 98.7 Å². The molecule has 0 saturated heterocycles. The number of carboxylic acid groups (broad SMARTS) is 1. The Kier molecular flexibility index (Phi) is 2.88. The maximum atomic E-state index is 10.8. The van der Waals surface area contributed by atoms with Gasteiger partial charge in [-0.15, -0.1) is 11.3 Å². The van der Waals surface area contributed by atoms with Crippen molar-refractivity contribution >= 4 is 22.4 Å². The molecule has 2 rings (SSSR count). The zero-order chi connectivity index (χ0) is 11.8. The highest BCUT2D eigenvalue weighted by Gasteiger charge is 2.31. The summed E-state index contributed by atoms with van der Waals surface area (Å²) in [6, 6.07) is 0. The third-order valence-electron chi connectivity index (χ3n) is 3.23. The van der Waals surface area contributed by atoms with Crippen LogP contribution in [0.5, 0.6) is 0 Å². The van der Waals surface area contributed by atoms with Crippen LogP contribution in [0.25, 0.3) is 0 Å². The number of aromatic nitrogens is 1. The van der Waals surface area contributed by atoms with Crippen LogP contribution >= 0.6 is 11.3 Å². The van der Waals surface area contributed by atoms with E-state index in [9.17, 15) is 4.79 Å². The minimum Gasteiger partial charge on any atom is -0.476 e. The van der Waals surface area contributed by atoms with Crippen LogP contribution in [-0.2, 0) is 0 Å². The summed E-state index contributed by atoms with van der Waals surface area (Å²) < 4.78 is 0. The number of thiazole rings is 1. The molecule has 1 aromatic rings. The average Bonchev–Trinajstić information content (AvgIpc) is 2.54. The third-order valence-corrected chi connectivity index (χ3v) is 4.15. The molecule has 1 aliphatic rings. The second-order valence-electron chi connectivity index (χ2n) is 4.75. The molecule has 0 aliphatic heterocycles. The number of aryl methyl sites for hydroxylation is 1. The first-order chi connectivity index (χ1) is 7.50. The van der Waals surface area contributed by atoms with Gasteiger partial charge in [0.15, 0.2) is 10.8 Å². The van der Waals surface area contributed by atoms with Crippen LogP contribution < -0.4 is 5.32 Å². The van der Waals surface area contributed by atoms with Gasteiger partial charge in [0, 0.05) is 11.4 Å². The predicted molar refractivity (Wildman–Crippen MR) is 64.3 cm³/mol. The van der Waals surface area contributed by atoms with E-state index in [0.717, 1.165) is 16.6 Å². The van der Waals surface area contributed by atoms with Crippen molar-refractivity contribution in [1.82, 2.24) is 4.98 Å². The van der Waals surface area contributed by atoms with Gasteiger partial charge in [-0.1, -0.05) is 13.3 Å². The Balaban J connectivity index is 1.99. The van der Waals surface area contributed by atoms with Gasteiger partial charge in [-0.05, 0) is 25.2 Å². The Bertz CT molecular complexity index is 410. The number of carboxylic acids is 1. The highest BCUT2D eigenvalue weighted by Crippen LogP contribution is 2.40. The molecular formula is C11H16N2O2S. The molecule has 1 saturated carbocycles. The lowest BCUT2D eigenvalue weighted by Crippen LogP contribution is -2.33. The molecule has 0 atom stereocenters. The van der Waals surface area contributed by atoms with Gasteiger partial charge in [-0.2, -0.15) is 0 Å². The molecule has 88 valence electrons. The maximum Gasteiger partial charge on any atom is 0.355 e. The van der Waals surface area contributed by atoms with E-state index in [-0.39, 0.29) is 5.69 Å². The maximum absolute atomic E-state index is 10.8. The van der Waals surface area contributed by atoms with Crippen molar-refractivity contribution in [3.8, 4) is 0 Å². The summed E-state index contributed by atoms with van der Waals surface area (Å²) in [5.74, 6) is -0.948. The summed E-state index contributed by atoms with van der Waals surface area (Å²) >= 11 is 1.41. The van der Waals surface area contributed by atoms with Crippen molar-refractivity contribution in [3.05, 3.63) is 10.6 Å². The first-order valence-corrected chi connectivity index (χ1v) is 6.26. The number of nitrogens with zero attached hydrogens (tertiary/aromatic N) is 1. The van der Waals surface area contributed by atoms with Crippen LogP contribution in [0.3, 0.4) is 0 Å². The topological polar surface area (TPSA) is 62.2 Å². The molecule has 1 fully saturated rings. The molecule has 0 amide bonds. The van der Waals surface area contributed by atoms with E-state index < -0.39 is 5.97 Å². The van der Waals surface area contributed by atoms with Crippen molar-refractivity contribution in [2.45, 2.75) is 33.1 Å². The van der Waals surface area contributed by atoms with Gasteiger partial charge in [0.05, 0.1) is 0 Å². The van der Waals surface area contributed by atoms with E-state index >= 15 is 0 Å². The smallest absolute Gasteiger partial charge is 0.355 e. The fourth-order valence-corrected chi connectivity index (χ4v) is 2.72. The monoisotopic (exact) mass is 240 g/mol. The first-order valence-electron chi connectivity index (χ1n) is 5.45. The van der Waals surface area contributed by atoms with Crippen molar-refractivity contribution in [2.75, 3.05) is 11.9 Å². The molecule has 2 N–H and O–H groups in total. The van der Waals surface area contributed by atoms with Gasteiger partial charge in [-0.3, -0.25) is 0 Å². The zero-order valence-corrected chi connectivity index (χ0v) is 10.4.